The van der Waals surface area contributed by atoms with Gasteiger partial charge in [0.25, 0.3) is 5.91 Å². The van der Waals surface area contributed by atoms with Crippen LogP contribution in [-0.4, -0.2) is 26.7 Å². The molecule has 2 atom stereocenters. The molecule has 2 heterocycles. The van der Waals surface area contributed by atoms with E-state index in [0.29, 0.717) is 17.3 Å². The molecule has 2 aromatic rings. The van der Waals surface area contributed by atoms with Gasteiger partial charge in [0.2, 0.25) is 0 Å². The van der Waals surface area contributed by atoms with Crippen LogP contribution >= 0.6 is 11.3 Å². The number of thiophene rings is 1. The maximum Gasteiger partial charge on any atom is 0.307 e. The maximum absolute atomic E-state index is 12.4. The van der Waals surface area contributed by atoms with Crippen molar-refractivity contribution in [1.29, 1.82) is 0 Å². The van der Waals surface area contributed by atoms with Crippen LogP contribution in [0.25, 0.3) is 0 Å². The van der Waals surface area contributed by atoms with E-state index in [9.17, 15) is 14.9 Å². The molecule has 1 fully saturated rings. The molecule has 0 spiro atoms. The first kappa shape index (κ1) is 16.6. The van der Waals surface area contributed by atoms with Gasteiger partial charge < -0.3 is 5.32 Å². The largest absolute Gasteiger partial charge is 0.348 e. The standard InChI is InChI=1S/C16H20N4O3S/c1-11-4-2-3-5-14(11)18-16(21)15-6-12(10-24-15)8-19-9-13(7-17-19)20(22)23/h6-7,9-11,14H,2-5,8H2,1H3,(H,18,21). The van der Waals surface area contributed by atoms with Crippen molar-refractivity contribution in [2.75, 3.05) is 0 Å². The monoisotopic (exact) mass is 348 g/mol. The molecule has 1 aliphatic carbocycles. The smallest absolute Gasteiger partial charge is 0.307 e. The van der Waals surface area contributed by atoms with Crippen LogP contribution in [0, 0.1) is 16.0 Å². The molecule has 2 unspecified atom stereocenters. The van der Waals surface area contributed by atoms with Crippen LogP contribution in [0.1, 0.15) is 47.8 Å². The highest BCUT2D eigenvalue weighted by Gasteiger charge is 2.23. The number of nitrogens with zero attached hydrogens (tertiary/aromatic N) is 3. The second-order valence-corrected chi connectivity index (χ2v) is 7.23. The van der Waals surface area contributed by atoms with Gasteiger partial charge in [-0.3, -0.25) is 19.6 Å². The Kier molecular flexibility index (Phi) is 4.94. The number of nitro groups is 1. The molecule has 1 N–H and O–H groups in total. The lowest BCUT2D eigenvalue weighted by atomic mass is 9.86. The molecule has 0 aromatic carbocycles. The van der Waals surface area contributed by atoms with E-state index in [-0.39, 0.29) is 17.6 Å². The molecular weight excluding hydrogens is 328 g/mol. The zero-order chi connectivity index (χ0) is 17.1. The van der Waals surface area contributed by atoms with Gasteiger partial charge in [0.15, 0.2) is 0 Å². The van der Waals surface area contributed by atoms with Gasteiger partial charge in [-0.2, -0.15) is 5.10 Å². The van der Waals surface area contributed by atoms with Gasteiger partial charge in [-0.15, -0.1) is 11.3 Å². The summed E-state index contributed by atoms with van der Waals surface area (Å²) < 4.78 is 1.51. The molecule has 0 saturated heterocycles. The summed E-state index contributed by atoms with van der Waals surface area (Å²) in [5, 5.41) is 19.7. The third-order valence-electron chi connectivity index (χ3n) is 4.48. The van der Waals surface area contributed by atoms with Gasteiger partial charge in [0.1, 0.15) is 12.4 Å². The van der Waals surface area contributed by atoms with Crippen molar-refractivity contribution in [2.24, 2.45) is 5.92 Å². The lowest BCUT2D eigenvalue weighted by molar-refractivity contribution is -0.385. The predicted molar refractivity (Wildman–Crippen MR) is 91.2 cm³/mol. The van der Waals surface area contributed by atoms with Gasteiger partial charge in [0, 0.05) is 6.04 Å². The molecule has 1 saturated carbocycles. The Labute approximate surface area is 143 Å². The number of aromatic nitrogens is 2. The second-order valence-electron chi connectivity index (χ2n) is 6.31. The summed E-state index contributed by atoms with van der Waals surface area (Å²) in [7, 11) is 0. The Morgan fingerprint density at radius 2 is 2.29 bits per heavy atom. The summed E-state index contributed by atoms with van der Waals surface area (Å²) in [5.74, 6) is 0.489. The summed E-state index contributed by atoms with van der Waals surface area (Å²) in [5.41, 5.74) is 0.884. The minimum atomic E-state index is -0.471. The predicted octanol–water partition coefficient (Wildman–Crippen LogP) is 3.21. The Morgan fingerprint density at radius 3 is 3.00 bits per heavy atom. The maximum atomic E-state index is 12.4. The van der Waals surface area contributed by atoms with Crippen LogP contribution in [0.2, 0.25) is 0 Å². The zero-order valence-electron chi connectivity index (χ0n) is 13.5. The van der Waals surface area contributed by atoms with Crippen molar-refractivity contribution >= 4 is 22.9 Å². The van der Waals surface area contributed by atoms with Gasteiger partial charge in [0.05, 0.1) is 16.3 Å². The fourth-order valence-electron chi connectivity index (χ4n) is 3.07. The van der Waals surface area contributed by atoms with E-state index in [1.807, 2.05) is 11.4 Å². The first-order valence-corrected chi connectivity index (χ1v) is 8.96. The molecule has 8 heteroatoms. The molecular formula is C16H20N4O3S. The average molecular weight is 348 g/mol. The molecule has 1 aliphatic rings. The second kappa shape index (κ2) is 7.12. The molecule has 3 rings (SSSR count). The Hall–Kier alpha value is -2.22. The van der Waals surface area contributed by atoms with E-state index in [0.717, 1.165) is 12.0 Å². The molecule has 1 amide bonds. The van der Waals surface area contributed by atoms with Crippen molar-refractivity contribution in [3.8, 4) is 0 Å². The number of carbonyl (C=O) groups excluding carboxylic acids is 1. The van der Waals surface area contributed by atoms with E-state index in [1.54, 1.807) is 0 Å². The quantitative estimate of drug-likeness (QED) is 0.663. The summed E-state index contributed by atoms with van der Waals surface area (Å²) in [6, 6.07) is 2.09. The topological polar surface area (TPSA) is 90.1 Å². The number of carbonyl (C=O) groups is 1. The van der Waals surface area contributed by atoms with Crippen molar-refractivity contribution in [3.63, 3.8) is 0 Å². The normalized spacial score (nSPS) is 20.7. The number of nitrogens with one attached hydrogen (secondary N) is 1. The Morgan fingerprint density at radius 1 is 1.50 bits per heavy atom. The minimum absolute atomic E-state index is 0.0311. The minimum Gasteiger partial charge on any atom is -0.348 e. The van der Waals surface area contributed by atoms with Crippen molar-refractivity contribution in [1.82, 2.24) is 15.1 Å². The third kappa shape index (κ3) is 3.81. The van der Waals surface area contributed by atoms with Crippen molar-refractivity contribution < 1.29 is 9.72 Å². The Bertz CT molecular complexity index is 739. The van der Waals surface area contributed by atoms with Gasteiger partial charge in [-0.05, 0) is 35.8 Å². The first-order valence-electron chi connectivity index (χ1n) is 8.08. The van der Waals surface area contributed by atoms with Crippen LogP contribution in [0.15, 0.2) is 23.8 Å². The van der Waals surface area contributed by atoms with Gasteiger partial charge in [-0.1, -0.05) is 19.8 Å². The average Bonchev–Trinajstić information content (AvgIpc) is 3.19. The first-order chi connectivity index (χ1) is 11.5. The highest BCUT2D eigenvalue weighted by molar-refractivity contribution is 7.12. The number of rotatable bonds is 5. The van der Waals surface area contributed by atoms with E-state index in [4.69, 9.17) is 0 Å². The molecule has 0 radical (unpaired) electrons. The molecule has 2 aromatic heterocycles. The lowest BCUT2D eigenvalue weighted by Gasteiger charge is -2.29. The lowest BCUT2D eigenvalue weighted by Crippen LogP contribution is -2.40. The highest BCUT2D eigenvalue weighted by atomic mass is 32.1. The van der Waals surface area contributed by atoms with E-state index in [2.05, 4.69) is 17.3 Å². The third-order valence-corrected chi connectivity index (χ3v) is 5.46. The van der Waals surface area contributed by atoms with Crippen molar-refractivity contribution in [3.05, 3.63) is 44.4 Å². The molecule has 128 valence electrons. The molecule has 0 aliphatic heterocycles. The van der Waals surface area contributed by atoms with Crippen molar-refractivity contribution in [2.45, 2.75) is 45.2 Å². The van der Waals surface area contributed by atoms with E-state index < -0.39 is 4.92 Å². The van der Waals surface area contributed by atoms with Crippen LogP contribution in [0.3, 0.4) is 0 Å². The summed E-state index contributed by atoms with van der Waals surface area (Å²) in [4.78, 5) is 23.3. The molecule has 7 nitrogen and oxygen atoms in total. The zero-order valence-corrected chi connectivity index (χ0v) is 14.3. The van der Waals surface area contributed by atoms with E-state index in [1.165, 1.54) is 47.7 Å². The molecule has 0 bridgehead atoms. The fraction of sp³-hybridized carbons (Fsp3) is 0.500. The van der Waals surface area contributed by atoms with Crippen LogP contribution in [0.5, 0.6) is 0 Å². The summed E-state index contributed by atoms with van der Waals surface area (Å²) in [6.45, 7) is 2.60. The van der Waals surface area contributed by atoms with Crippen LogP contribution < -0.4 is 5.32 Å². The summed E-state index contributed by atoms with van der Waals surface area (Å²) >= 11 is 1.39. The Balaban J connectivity index is 1.61. The van der Waals surface area contributed by atoms with Crippen LogP contribution in [0.4, 0.5) is 5.69 Å². The number of hydrogen-bond donors (Lipinski definition) is 1. The SMILES string of the molecule is CC1CCCCC1NC(=O)c1cc(Cn2cc([N+](=O)[O-])cn2)cs1. The number of hydrogen-bond acceptors (Lipinski definition) is 5. The van der Waals surface area contributed by atoms with Gasteiger partial charge >= 0.3 is 5.69 Å². The van der Waals surface area contributed by atoms with Gasteiger partial charge in [-0.25, -0.2) is 0 Å². The highest BCUT2D eigenvalue weighted by Crippen LogP contribution is 2.25. The fourth-order valence-corrected chi connectivity index (χ4v) is 3.87. The van der Waals surface area contributed by atoms with E-state index >= 15 is 0 Å². The number of amides is 1. The summed E-state index contributed by atoms with van der Waals surface area (Å²) in [6.07, 6.45) is 7.24. The van der Waals surface area contributed by atoms with Crippen LogP contribution in [-0.2, 0) is 6.54 Å². The molecule has 24 heavy (non-hydrogen) atoms.